The van der Waals surface area contributed by atoms with Crippen molar-refractivity contribution in [1.29, 1.82) is 0 Å². The molecule has 0 unspecified atom stereocenters. The van der Waals surface area contributed by atoms with Crippen LogP contribution in [0.5, 0.6) is 0 Å². The molecule has 8 heteroatoms. The highest BCUT2D eigenvalue weighted by atomic mass is 32.1. The van der Waals surface area contributed by atoms with Crippen LogP contribution in [0.1, 0.15) is 58.7 Å². The van der Waals surface area contributed by atoms with E-state index in [1.807, 2.05) is 26.2 Å². The molecule has 25 heavy (non-hydrogen) atoms. The fraction of sp³-hybridized carbons (Fsp3) is 0.706. The van der Waals surface area contributed by atoms with Crippen molar-refractivity contribution in [3.8, 4) is 0 Å². The highest BCUT2D eigenvalue weighted by Gasteiger charge is 2.41. The van der Waals surface area contributed by atoms with Gasteiger partial charge in [-0.3, -0.25) is 9.69 Å². The molecule has 0 bridgehead atoms. The monoisotopic (exact) mass is 367 g/mol. The second-order valence-electron chi connectivity index (χ2n) is 7.61. The highest BCUT2D eigenvalue weighted by molar-refractivity contribution is 7.13. The minimum atomic E-state index is -0.581. The van der Waals surface area contributed by atoms with E-state index >= 15 is 0 Å². The Labute approximate surface area is 151 Å². The summed E-state index contributed by atoms with van der Waals surface area (Å²) in [5.41, 5.74) is 0.232. The van der Waals surface area contributed by atoms with Gasteiger partial charge in [0.1, 0.15) is 11.7 Å². The predicted molar refractivity (Wildman–Crippen MR) is 94.6 cm³/mol. The Kier molecular flexibility index (Phi) is 4.90. The van der Waals surface area contributed by atoms with Crippen LogP contribution in [0.2, 0.25) is 0 Å². The molecule has 2 heterocycles. The van der Waals surface area contributed by atoms with Gasteiger partial charge in [-0.25, -0.2) is 9.78 Å². The average molecular weight is 367 g/mol. The zero-order valence-corrected chi connectivity index (χ0v) is 15.9. The minimum Gasteiger partial charge on any atom is -0.461 e. The first-order valence-corrected chi connectivity index (χ1v) is 9.48. The molecule has 1 saturated carbocycles. The number of carbonyl (C=O) groups is 2. The second-order valence-corrected chi connectivity index (χ2v) is 8.47. The van der Waals surface area contributed by atoms with Gasteiger partial charge in [-0.15, -0.1) is 11.3 Å². The predicted octanol–water partition coefficient (Wildman–Crippen LogP) is 3.33. The van der Waals surface area contributed by atoms with E-state index in [1.165, 1.54) is 31.1 Å². The lowest BCUT2D eigenvalue weighted by atomic mass is 10.1. The van der Waals surface area contributed by atoms with Crippen molar-refractivity contribution in [2.24, 2.45) is 0 Å². The quantitative estimate of drug-likeness (QED) is 0.822. The maximum atomic E-state index is 12.6. The average Bonchev–Trinajstić information content (AvgIpc) is 2.99. The summed E-state index contributed by atoms with van der Waals surface area (Å²) in [7, 11) is 0. The number of hydrogen-bond donors (Lipinski definition) is 1. The van der Waals surface area contributed by atoms with Crippen molar-refractivity contribution < 1.29 is 19.1 Å². The van der Waals surface area contributed by atoms with Gasteiger partial charge in [-0.2, -0.15) is 0 Å². The van der Waals surface area contributed by atoms with Crippen LogP contribution in [-0.2, 0) is 14.3 Å². The Balaban J connectivity index is 1.75. The van der Waals surface area contributed by atoms with E-state index in [9.17, 15) is 9.59 Å². The largest absolute Gasteiger partial charge is 0.461 e. The molecule has 3 rings (SSSR count). The Morgan fingerprint density at radius 2 is 2.08 bits per heavy atom. The van der Waals surface area contributed by atoms with Crippen LogP contribution in [0, 0.1) is 0 Å². The van der Waals surface area contributed by atoms with E-state index in [2.05, 4.69) is 10.3 Å². The van der Waals surface area contributed by atoms with Gasteiger partial charge in [-0.1, -0.05) is 0 Å². The first-order chi connectivity index (χ1) is 11.7. The Morgan fingerprint density at radius 3 is 2.68 bits per heavy atom. The molecular formula is C17H25N3O4S. The van der Waals surface area contributed by atoms with E-state index in [-0.39, 0.29) is 18.1 Å². The van der Waals surface area contributed by atoms with Crippen LogP contribution in [0.3, 0.4) is 0 Å². The number of amides is 1. The number of carbonyl (C=O) groups excluding carboxylic acids is 2. The van der Waals surface area contributed by atoms with Gasteiger partial charge in [0.2, 0.25) is 0 Å². The van der Waals surface area contributed by atoms with Gasteiger partial charge in [0.25, 0.3) is 0 Å². The molecule has 1 amide bonds. The number of aromatic nitrogens is 1. The maximum absolute atomic E-state index is 12.6. The van der Waals surface area contributed by atoms with Crippen LogP contribution in [0.15, 0.2) is 5.38 Å². The molecule has 7 nitrogen and oxygen atoms in total. The molecule has 2 aliphatic rings. The van der Waals surface area contributed by atoms with E-state index < -0.39 is 11.7 Å². The topological polar surface area (TPSA) is 80.8 Å². The number of nitrogens with one attached hydrogen (secondary N) is 1. The number of likely N-dealkylation sites (tertiary alicyclic amines) is 1. The van der Waals surface area contributed by atoms with Crippen LogP contribution in [0.25, 0.3) is 0 Å². The van der Waals surface area contributed by atoms with Crippen LogP contribution < -0.4 is 5.32 Å². The zero-order chi connectivity index (χ0) is 18.2. The maximum Gasteiger partial charge on any atom is 0.410 e. The summed E-state index contributed by atoms with van der Waals surface area (Å²) in [5.74, 6) is -0.343. The summed E-state index contributed by atoms with van der Waals surface area (Å²) in [5, 5.41) is 6.21. The number of esters is 1. The lowest BCUT2D eigenvalue weighted by molar-refractivity contribution is -0.145. The van der Waals surface area contributed by atoms with Crippen molar-refractivity contribution in [3.63, 3.8) is 0 Å². The summed E-state index contributed by atoms with van der Waals surface area (Å²) in [6, 6.07) is 0.281. The van der Waals surface area contributed by atoms with Crippen molar-refractivity contribution >= 4 is 28.5 Å². The van der Waals surface area contributed by atoms with Crippen LogP contribution >= 0.6 is 11.3 Å². The SMILES string of the molecule is CC(=O)O[C@@H]1C[C@@H](c2csc(NC3CC3)n2)N(C(=O)OC(C)(C)C)C1. The van der Waals surface area contributed by atoms with Gasteiger partial charge < -0.3 is 14.8 Å². The summed E-state index contributed by atoms with van der Waals surface area (Å²) < 4.78 is 10.8. The number of rotatable bonds is 4. The summed E-state index contributed by atoms with van der Waals surface area (Å²) >= 11 is 1.54. The van der Waals surface area contributed by atoms with E-state index in [4.69, 9.17) is 9.47 Å². The molecule has 1 aromatic rings. The number of ether oxygens (including phenoxy) is 2. The molecule has 0 aromatic carbocycles. The van der Waals surface area contributed by atoms with Gasteiger partial charge in [0, 0.05) is 24.8 Å². The molecule has 1 aliphatic heterocycles. The van der Waals surface area contributed by atoms with E-state index in [1.54, 1.807) is 4.90 Å². The van der Waals surface area contributed by atoms with Gasteiger partial charge in [0.05, 0.1) is 18.3 Å². The molecule has 1 aromatic heterocycles. The van der Waals surface area contributed by atoms with Gasteiger partial charge in [0.15, 0.2) is 5.13 Å². The fourth-order valence-electron chi connectivity index (χ4n) is 2.83. The second kappa shape index (κ2) is 6.82. The molecule has 2 atom stereocenters. The number of thiazole rings is 1. The van der Waals surface area contributed by atoms with Crippen LogP contribution in [-0.4, -0.2) is 46.2 Å². The Bertz CT molecular complexity index is 651. The van der Waals surface area contributed by atoms with Gasteiger partial charge >= 0.3 is 12.1 Å². The zero-order valence-electron chi connectivity index (χ0n) is 15.1. The van der Waals surface area contributed by atoms with Gasteiger partial charge in [-0.05, 0) is 33.6 Å². The van der Waals surface area contributed by atoms with Crippen molar-refractivity contribution in [2.75, 3.05) is 11.9 Å². The molecular weight excluding hydrogens is 342 g/mol. The lowest BCUT2D eigenvalue weighted by Crippen LogP contribution is -2.37. The first kappa shape index (κ1) is 18.0. The molecule has 1 N–H and O–H groups in total. The molecule has 0 radical (unpaired) electrons. The van der Waals surface area contributed by atoms with Crippen molar-refractivity contribution in [3.05, 3.63) is 11.1 Å². The molecule has 2 fully saturated rings. The van der Waals surface area contributed by atoms with E-state index in [0.717, 1.165) is 10.8 Å². The number of hydrogen-bond acceptors (Lipinski definition) is 7. The van der Waals surface area contributed by atoms with Crippen molar-refractivity contribution in [2.45, 2.75) is 70.7 Å². The van der Waals surface area contributed by atoms with E-state index in [0.29, 0.717) is 19.0 Å². The lowest BCUT2D eigenvalue weighted by Gasteiger charge is -2.27. The highest BCUT2D eigenvalue weighted by Crippen LogP contribution is 2.37. The summed E-state index contributed by atoms with van der Waals surface area (Å²) in [4.78, 5) is 30.1. The number of nitrogens with zero attached hydrogens (tertiary/aromatic N) is 2. The standard InChI is InChI=1S/C17H25N3O4S/c1-10(21)23-12-7-14(20(8-12)16(22)24-17(2,3)4)13-9-25-15(19-13)18-11-5-6-11/h9,11-12,14H,5-8H2,1-4H3,(H,18,19)/t12-,14+/m1/s1. The van der Waals surface area contributed by atoms with Crippen LogP contribution in [0.4, 0.5) is 9.93 Å². The molecule has 1 aliphatic carbocycles. The Morgan fingerprint density at radius 1 is 1.36 bits per heavy atom. The summed E-state index contributed by atoms with van der Waals surface area (Å²) in [6.07, 6.45) is 2.15. The third-order valence-corrected chi connectivity index (χ3v) is 4.78. The minimum absolute atomic E-state index is 0.245. The molecule has 0 spiro atoms. The smallest absolute Gasteiger partial charge is 0.410 e. The first-order valence-electron chi connectivity index (χ1n) is 8.60. The fourth-order valence-corrected chi connectivity index (χ4v) is 3.66. The summed E-state index contributed by atoms with van der Waals surface area (Å²) in [6.45, 7) is 7.20. The normalized spacial score (nSPS) is 23.4. The van der Waals surface area contributed by atoms with Crippen molar-refractivity contribution in [1.82, 2.24) is 9.88 Å². The third kappa shape index (κ3) is 4.84. The third-order valence-electron chi connectivity index (χ3n) is 3.99. The molecule has 138 valence electrons. The number of anilines is 1. The Hall–Kier alpha value is -1.83. The molecule has 1 saturated heterocycles.